The fourth-order valence-electron chi connectivity index (χ4n) is 6.36. The van der Waals surface area contributed by atoms with Crippen molar-refractivity contribution in [3.05, 3.63) is 29.8 Å². The summed E-state index contributed by atoms with van der Waals surface area (Å²) in [6.45, 7) is 8.67. The molecule has 3 saturated carbocycles. The Balaban J connectivity index is 1.53. The Morgan fingerprint density at radius 3 is 2.71 bits per heavy atom. The molecule has 1 unspecified atom stereocenters. The average molecular weight is 432 g/mol. The number of fused-ring (bicyclic) bond motifs is 2. The molecule has 0 aromatic heterocycles. The minimum absolute atomic E-state index is 0.126. The van der Waals surface area contributed by atoms with Crippen molar-refractivity contribution in [2.24, 2.45) is 29.1 Å². The summed E-state index contributed by atoms with van der Waals surface area (Å²) in [4.78, 5) is 19.5. The lowest BCUT2D eigenvalue weighted by molar-refractivity contribution is -0.183. The maximum Gasteiger partial charge on any atom is 0.240 e. The fraction of sp³-hybridized carbons (Fsp3) is 0.708. The number of nitrogens with two attached hydrogens (primary N) is 1. The number of aliphatic hydroxyl groups is 2. The van der Waals surface area contributed by atoms with Crippen LogP contribution in [0.1, 0.15) is 46.1 Å². The number of anilines is 1. The van der Waals surface area contributed by atoms with Crippen LogP contribution in [0.25, 0.3) is 0 Å². The van der Waals surface area contributed by atoms with Gasteiger partial charge in [0.15, 0.2) is 0 Å². The van der Waals surface area contributed by atoms with E-state index in [-0.39, 0.29) is 18.6 Å². The van der Waals surface area contributed by atoms with Crippen molar-refractivity contribution < 1.29 is 19.8 Å². The molecule has 7 nitrogen and oxygen atoms in total. The third kappa shape index (κ3) is 3.97. The van der Waals surface area contributed by atoms with Crippen LogP contribution in [0, 0.1) is 29.1 Å². The number of rotatable bonds is 6. The smallest absolute Gasteiger partial charge is 0.240 e. The number of benzene rings is 1. The second kappa shape index (κ2) is 8.35. The maximum absolute atomic E-state index is 13.5. The van der Waals surface area contributed by atoms with Crippen molar-refractivity contribution in [1.29, 1.82) is 0 Å². The first-order valence-electron chi connectivity index (χ1n) is 11.5. The number of amides is 1. The molecule has 3 aliphatic carbocycles. The van der Waals surface area contributed by atoms with E-state index < -0.39 is 24.2 Å². The average Bonchev–Trinajstić information content (AvgIpc) is 3.07. The van der Waals surface area contributed by atoms with Crippen molar-refractivity contribution in [3.8, 4) is 0 Å². The normalized spacial score (nSPS) is 37.8. The van der Waals surface area contributed by atoms with E-state index in [4.69, 9.17) is 10.6 Å². The highest BCUT2D eigenvalue weighted by Crippen LogP contribution is 2.61. The SMILES string of the molecule is CC1[C@@H](NC(=O)[C@@H]2[C@H]([C@H](C)O)[C@H](CO)ON2Cc2cccc(N)c2)C[C@H]2C[C@@H]1C2(C)C. The van der Waals surface area contributed by atoms with Crippen LogP contribution in [0.5, 0.6) is 0 Å². The van der Waals surface area contributed by atoms with Crippen molar-refractivity contribution in [2.45, 2.75) is 71.4 Å². The van der Waals surface area contributed by atoms with E-state index in [0.717, 1.165) is 12.0 Å². The Hall–Kier alpha value is -1.67. The summed E-state index contributed by atoms with van der Waals surface area (Å²) >= 11 is 0. The summed E-state index contributed by atoms with van der Waals surface area (Å²) in [6.07, 6.45) is 0.808. The zero-order valence-corrected chi connectivity index (χ0v) is 19.0. The van der Waals surface area contributed by atoms with Crippen molar-refractivity contribution in [3.63, 3.8) is 0 Å². The molecule has 1 amide bonds. The third-order valence-corrected chi connectivity index (χ3v) is 8.35. The summed E-state index contributed by atoms with van der Waals surface area (Å²) in [7, 11) is 0. The Morgan fingerprint density at radius 1 is 1.39 bits per heavy atom. The van der Waals surface area contributed by atoms with Gasteiger partial charge >= 0.3 is 0 Å². The molecule has 7 heteroatoms. The number of carbonyl (C=O) groups is 1. The quantitative estimate of drug-likeness (QED) is 0.513. The molecule has 1 saturated heterocycles. The van der Waals surface area contributed by atoms with Gasteiger partial charge in [-0.3, -0.25) is 9.63 Å². The molecule has 0 radical (unpaired) electrons. The lowest BCUT2D eigenvalue weighted by atomic mass is 9.45. The Bertz CT molecular complexity index is 814. The zero-order valence-electron chi connectivity index (χ0n) is 19.0. The van der Waals surface area contributed by atoms with Crippen LogP contribution < -0.4 is 11.1 Å². The minimum atomic E-state index is -0.796. The monoisotopic (exact) mass is 431 g/mol. The number of aliphatic hydroxyl groups excluding tert-OH is 2. The van der Waals surface area contributed by atoms with Gasteiger partial charge in [0, 0.05) is 17.6 Å². The molecular weight excluding hydrogens is 394 g/mol. The summed E-state index contributed by atoms with van der Waals surface area (Å²) in [6, 6.07) is 6.89. The molecule has 31 heavy (non-hydrogen) atoms. The van der Waals surface area contributed by atoms with Gasteiger partial charge in [-0.05, 0) is 60.6 Å². The predicted octanol–water partition coefficient (Wildman–Crippen LogP) is 1.93. The van der Waals surface area contributed by atoms with Crippen molar-refractivity contribution >= 4 is 11.6 Å². The van der Waals surface area contributed by atoms with E-state index in [0.29, 0.717) is 35.4 Å². The van der Waals surface area contributed by atoms with Gasteiger partial charge in [-0.15, -0.1) is 0 Å². The lowest BCUT2D eigenvalue weighted by Crippen LogP contribution is -2.62. The second-order valence-corrected chi connectivity index (χ2v) is 10.5. The largest absolute Gasteiger partial charge is 0.399 e. The number of nitrogens with zero attached hydrogens (tertiary/aromatic N) is 1. The minimum Gasteiger partial charge on any atom is -0.399 e. The van der Waals surface area contributed by atoms with Crippen LogP contribution in [0.2, 0.25) is 0 Å². The molecule has 0 spiro atoms. The Morgan fingerprint density at radius 2 is 2.13 bits per heavy atom. The molecule has 5 rings (SSSR count). The number of carbonyl (C=O) groups excluding carboxylic acids is 1. The van der Waals surface area contributed by atoms with Gasteiger partial charge in [0.1, 0.15) is 12.1 Å². The van der Waals surface area contributed by atoms with Crippen LogP contribution in [-0.4, -0.2) is 52.1 Å². The van der Waals surface area contributed by atoms with Gasteiger partial charge in [0.2, 0.25) is 5.91 Å². The number of nitrogen functional groups attached to an aromatic ring is 1. The van der Waals surface area contributed by atoms with E-state index in [9.17, 15) is 15.0 Å². The van der Waals surface area contributed by atoms with Gasteiger partial charge < -0.3 is 21.3 Å². The molecular formula is C24H37N3O4. The van der Waals surface area contributed by atoms with Crippen LogP contribution >= 0.6 is 0 Å². The van der Waals surface area contributed by atoms with E-state index in [1.165, 1.54) is 6.42 Å². The first-order chi connectivity index (χ1) is 14.6. The highest BCUT2D eigenvalue weighted by Gasteiger charge is 2.57. The number of hydrogen-bond acceptors (Lipinski definition) is 6. The number of hydroxylamine groups is 2. The molecule has 1 aromatic carbocycles. The molecule has 1 heterocycles. The molecule has 2 bridgehead atoms. The summed E-state index contributed by atoms with van der Waals surface area (Å²) in [5, 5.41) is 25.2. The number of nitrogens with one attached hydrogen (secondary N) is 1. The summed E-state index contributed by atoms with van der Waals surface area (Å²) in [5.41, 5.74) is 7.82. The standard InChI is InChI=1S/C24H37N3O4/c1-13-18-9-16(24(18,3)4)10-19(13)26-23(30)22-21(14(2)29)20(12-28)31-27(22)11-15-6-5-7-17(25)8-15/h5-8,13-14,16,18-22,28-29H,9-12,25H2,1-4H3,(H,26,30)/t13?,14-,16+,18-,19-,20-,21+,22-/m0/s1. The highest BCUT2D eigenvalue weighted by atomic mass is 16.7. The number of hydrogen-bond donors (Lipinski definition) is 4. The third-order valence-electron chi connectivity index (χ3n) is 8.35. The first kappa shape index (κ1) is 22.5. The van der Waals surface area contributed by atoms with Crippen LogP contribution in [0.15, 0.2) is 24.3 Å². The van der Waals surface area contributed by atoms with Crippen LogP contribution in [-0.2, 0) is 16.2 Å². The maximum atomic E-state index is 13.5. The highest BCUT2D eigenvalue weighted by molar-refractivity contribution is 5.82. The van der Waals surface area contributed by atoms with Crippen LogP contribution in [0.3, 0.4) is 0 Å². The Kier molecular flexibility index (Phi) is 6.07. The van der Waals surface area contributed by atoms with Crippen molar-refractivity contribution in [1.82, 2.24) is 10.4 Å². The van der Waals surface area contributed by atoms with Gasteiger partial charge in [0.05, 0.1) is 19.3 Å². The van der Waals surface area contributed by atoms with Gasteiger partial charge in [-0.25, -0.2) is 0 Å². The van der Waals surface area contributed by atoms with Gasteiger partial charge in [-0.2, -0.15) is 5.06 Å². The second-order valence-electron chi connectivity index (χ2n) is 10.5. The zero-order chi connectivity index (χ0) is 22.5. The Labute approximate surface area is 184 Å². The van der Waals surface area contributed by atoms with E-state index in [1.54, 1.807) is 12.0 Å². The molecule has 4 aliphatic rings. The topological polar surface area (TPSA) is 108 Å². The molecule has 172 valence electrons. The van der Waals surface area contributed by atoms with E-state index in [2.05, 4.69) is 26.1 Å². The first-order valence-corrected chi connectivity index (χ1v) is 11.5. The molecule has 8 atom stereocenters. The molecule has 1 aromatic rings. The van der Waals surface area contributed by atoms with Gasteiger partial charge in [-0.1, -0.05) is 32.9 Å². The van der Waals surface area contributed by atoms with E-state index >= 15 is 0 Å². The summed E-state index contributed by atoms with van der Waals surface area (Å²) in [5.74, 6) is 1.02. The molecule has 4 fully saturated rings. The molecule has 1 aliphatic heterocycles. The van der Waals surface area contributed by atoms with Crippen LogP contribution in [0.4, 0.5) is 5.69 Å². The molecule has 5 N–H and O–H groups in total. The fourth-order valence-corrected chi connectivity index (χ4v) is 6.36. The van der Waals surface area contributed by atoms with Gasteiger partial charge in [0.25, 0.3) is 0 Å². The van der Waals surface area contributed by atoms with Crippen molar-refractivity contribution in [2.75, 3.05) is 12.3 Å². The summed E-state index contributed by atoms with van der Waals surface area (Å²) < 4.78 is 0. The lowest BCUT2D eigenvalue weighted by Gasteiger charge is -2.62. The van der Waals surface area contributed by atoms with E-state index in [1.807, 2.05) is 24.3 Å². The predicted molar refractivity (Wildman–Crippen MR) is 118 cm³/mol.